The molecule has 0 amide bonds. The van der Waals surface area contributed by atoms with Crippen LogP contribution >= 0.6 is 11.3 Å². The molecule has 0 unspecified atom stereocenters. The summed E-state index contributed by atoms with van der Waals surface area (Å²) in [6, 6.07) is 73.7. The number of fused-ring (bicyclic) bond motifs is 8. The van der Waals surface area contributed by atoms with Gasteiger partial charge in [-0.05, 0) is 133 Å². The Bertz CT molecular complexity index is 3570. The zero-order chi connectivity index (χ0) is 39.0. The van der Waals surface area contributed by atoms with Crippen LogP contribution in [0, 0.1) is 6.92 Å². The smallest absolute Gasteiger partial charge is 0.135 e. The van der Waals surface area contributed by atoms with Gasteiger partial charge in [0.2, 0.25) is 0 Å². The van der Waals surface area contributed by atoms with Gasteiger partial charge in [-0.1, -0.05) is 157 Å². The lowest BCUT2D eigenvalue weighted by Crippen LogP contribution is -1.97. The topological polar surface area (TPSA) is 13.1 Å². The number of thiophene rings is 1. The first-order valence-electron chi connectivity index (χ1n) is 20.2. The Balaban J connectivity index is 1.25. The average Bonchev–Trinajstić information content (AvgIpc) is 3.86. The van der Waals surface area contributed by atoms with Gasteiger partial charge in [-0.15, -0.1) is 11.3 Å². The highest BCUT2D eigenvalue weighted by atomic mass is 32.1. The summed E-state index contributed by atoms with van der Waals surface area (Å²) in [5.74, 6) is 0. The van der Waals surface area contributed by atoms with E-state index < -0.39 is 0 Å². The van der Waals surface area contributed by atoms with E-state index in [-0.39, 0.29) is 0 Å². The highest BCUT2D eigenvalue weighted by Gasteiger charge is 2.24. The summed E-state index contributed by atoms with van der Waals surface area (Å²) in [6.45, 7) is 2.20. The standard InChI is InChI=1S/C57H36OS/c1-35-14-13-17-38(30-35)47-33-40(37-27-29-54-50(31-37)42-19-10-12-25-53(42)59-54)34-48(39-26-28-52-49(32-39)41-18-9-11-24-51(41)58-52)57(47)56-45-22-7-5-20-43(45)55(36-15-3-2-4-16-36)44-21-6-8-23-46(44)56/h2-34H,1H3. The summed E-state index contributed by atoms with van der Waals surface area (Å²) in [4.78, 5) is 0. The van der Waals surface area contributed by atoms with Crippen molar-refractivity contribution in [2.24, 2.45) is 0 Å². The number of aryl methyl sites for hydroxylation is 1. The lowest BCUT2D eigenvalue weighted by Gasteiger charge is -2.24. The van der Waals surface area contributed by atoms with Crippen LogP contribution in [0.2, 0.25) is 0 Å². The largest absolute Gasteiger partial charge is 0.456 e. The van der Waals surface area contributed by atoms with Crippen LogP contribution in [-0.4, -0.2) is 0 Å². The van der Waals surface area contributed by atoms with Gasteiger partial charge in [0.25, 0.3) is 0 Å². The van der Waals surface area contributed by atoms with Crippen LogP contribution in [0.25, 0.3) is 119 Å². The van der Waals surface area contributed by atoms with Crippen LogP contribution in [0.15, 0.2) is 205 Å². The Kier molecular flexibility index (Phi) is 7.69. The summed E-state index contributed by atoms with van der Waals surface area (Å²) in [6.07, 6.45) is 0. The molecule has 10 aromatic carbocycles. The van der Waals surface area contributed by atoms with Crippen molar-refractivity contribution in [1.29, 1.82) is 0 Å². The molecule has 0 atom stereocenters. The van der Waals surface area contributed by atoms with E-state index in [4.69, 9.17) is 4.42 Å². The maximum absolute atomic E-state index is 6.40. The molecule has 276 valence electrons. The molecule has 0 fully saturated rings. The van der Waals surface area contributed by atoms with Crippen molar-refractivity contribution in [1.82, 2.24) is 0 Å². The molecule has 0 bridgehead atoms. The quantitative estimate of drug-likeness (QED) is 0.159. The van der Waals surface area contributed by atoms with Gasteiger partial charge in [0.15, 0.2) is 0 Å². The minimum absolute atomic E-state index is 0.893. The fraction of sp³-hybridized carbons (Fsp3) is 0.0175. The SMILES string of the molecule is Cc1cccc(-c2cc(-c3ccc4sc5ccccc5c4c3)cc(-c3ccc4oc5ccccc5c4c3)c2-c2c3ccccc3c(-c3ccccc3)c3ccccc23)c1. The second kappa shape index (κ2) is 13.4. The van der Waals surface area contributed by atoms with Crippen molar-refractivity contribution in [3.8, 4) is 55.6 Å². The molecule has 0 saturated carbocycles. The first-order chi connectivity index (χ1) is 29.2. The summed E-state index contributed by atoms with van der Waals surface area (Å²) >= 11 is 1.86. The summed E-state index contributed by atoms with van der Waals surface area (Å²) in [7, 11) is 0. The molecule has 1 nitrogen and oxygen atoms in total. The van der Waals surface area contributed by atoms with Crippen molar-refractivity contribution < 1.29 is 4.42 Å². The van der Waals surface area contributed by atoms with Crippen LogP contribution in [0.3, 0.4) is 0 Å². The number of furan rings is 1. The van der Waals surface area contributed by atoms with Crippen molar-refractivity contribution >= 4 is 75.0 Å². The highest BCUT2D eigenvalue weighted by Crippen LogP contribution is 2.51. The van der Waals surface area contributed by atoms with E-state index in [0.29, 0.717) is 0 Å². The van der Waals surface area contributed by atoms with E-state index in [1.165, 1.54) is 97.4 Å². The maximum Gasteiger partial charge on any atom is 0.135 e. The first-order valence-corrected chi connectivity index (χ1v) is 21.1. The van der Waals surface area contributed by atoms with Crippen molar-refractivity contribution in [3.63, 3.8) is 0 Å². The molecular weight excluding hydrogens is 733 g/mol. The predicted molar refractivity (Wildman–Crippen MR) is 254 cm³/mol. The molecule has 2 heterocycles. The minimum Gasteiger partial charge on any atom is -0.456 e. The molecule has 0 aliphatic heterocycles. The summed E-state index contributed by atoms with van der Waals surface area (Å²) < 4.78 is 9.02. The van der Waals surface area contributed by atoms with Gasteiger partial charge >= 0.3 is 0 Å². The Morgan fingerprint density at radius 1 is 0.305 bits per heavy atom. The number of hydrogen-bond donors (Lipinski definition) is 0. The third-order valence-electron chi connectivity index (χ3n) is 12.1. The van der Waals surface area contributed by atoms with E-state index >= 15 is 0 Å². The summed E-state index contributed by atoms with van der Waals surface area (Å²) in [5.41, 5.74) is 15.1. The van der Waals surface area contributed by atoms with Gasteiger partial charge in [-0.2, -0.15) is 0 Å². The van der Waals surface area contributed by atoms with Crippen LogP contribution in [0.4, 0.5) is 0 Å². The molecule has 12 aromatic rings. The van der Waals surface area contributed by atoms with Gasteiger partial charge in [0.1, 0.15) is 11.2 Å². The third kappa shape index (κ3) is 5.45. The predicted octanol–water partition coefficient (Wildman–Crippen LogP) is 16.9. The molecule has 0 aliphatic rings. The van der Waals surface area contributed by atoms with E-state index in [1.54, 1.807) is 0 Å². The zero-order valence-electron chi connectivity index (χ0n) is 32.4. The number of hydrogen-bond acceptors (Lipinski definition) is 2. The Morgan fingerprint density at radius 3 is 1.58 bits per heavy atom. The molecule has 2 aromatic heterocycles. The van der Waals surface area contributed by atoms with Gasteiger partial charge in [-0.3, -0.25) is 0 Å². The Hall–Kier alpha value is -7.26. The lowest BCUT2D eigenvalue weighted by molar-refractivity contribution is 0.669. The van der Waals surface area contributed by atoms with Crippen LogP contribution < -0.4 is 0 Å². The molecule has 0 radical (unpaired) electrons. The first kappa shape index (κ1) is 33.8. The van der Waals surface area contributed by atoms with Gasteiger partial charge in [-0.25, -0.2) is 0 Å². The molecule has 59 heavy (non-hydrogen) atoms. The van der Waals surface area contributed by atoms with E-state index in [1.807, 2.05) is 17.4 Å². The van der Waals surface area contributed by atoms with Gasteiger partial charge < -0.3 is 4.42 Å². The fourth-order valence-electron chi connectivity index (χ4n) is 9.46. The second-order valence-corrected chi connectivity index (χ2v) is 16.7. The lowest BCUT2D eigenvalue weighted by atomic mass is 9.79. The normalized spacial score (nSPS) is 11.8. The van der Waals surface area contributed by atoms with Gasteiger partial charge in [0, 0.05) is 30.9 Å². The van der Waals surface area contributed by atoms with E-state index in [9.17, 15) is 0 Å². The number of para-hydroxylation sites is 1. The van der Waals surface area contributed by atoms with Crippen molar-refractivity contribution in [2.75, 3.05) is 0 Å². The average molecular weight is 769 g/mol. The van der Waals surface area contributed by atoms with Crippen LogP contribution in [0.1, 0.15) is 5.56 Å². The number of rotatable bonds is 5. The molecule has 12 rings (SSSR count). The molecule has 0 N–H and O–H groups in total. The van der Waals surface area contributed by atoms with Gasteiger partial charge in [0.05, 0.1) is 0 Å². The maximum atomic E-state index is 6.40. The van der Waals surface area contributed by atoms with E-state index in [0.717, 1.165) is 27.5 Å². The van der Waals surface area contributed by atoms with Crippen molar-refractivity contribution in [3.05, 3.63) is 206 Å². The third-order valence-corrected chi connectivity index (χ3v) is 13.3. The minimum atomic E-state index is 0.893. The Morgan fingerprint density at radius 2 is 0.847 bits per heavy atom. The van der Waals surface area contributed by atoms with E-state index in [2.05, 4.69) is 201 Å². The summed E-state index contributed by atoms with van der Waals surface area (Å²) in [5, 5.41) is 9.78. The second-order valence-electron chi connectivity index (χ2n) is 15.6. The fourth-order valence-corrected chi connectivity index (χ4v) is 10.5. The molecule has 0 spiro atoms. The number of benzene rings is 10. The van der Waals surface area contributed by atoms with Crippen molar-refractivity contribution in [2.45, 2.75) is 6.92 Å². The Labute approximate surface area is 346 Å². The van der Waals surface area contributed by atoms with Crippen LogP contribution in [-0.2, 0) is 0 Å². The highest BCUT2D eigenvalue weighted by molar-refractivity contribution is 7.25. The molecule has 0 aliphatic carbocycles. The monoisotopic (exact) mass is 768 g/mol. The molecule has 2 heteroatoms. The zero-order valence-corrected chi connectivity index (χ0v) is 33.2. The molecule has 0 saturated heterocycles. The van der Waals surface area contributed by atoms with Crippen LogP contribution in [0.5, 0.6) is 0 Å². The molecular formula is C57H36OS.